The predicted octanol–water partition coefficient (Wildman–Crippen LogP) is -12.8. The second-order valence-electron chi connectivity index (χ2n) is 3.23. The molecule has 0 N–H and O–H groups in total. The van der Waals surface area contributed by atoms with Gasteiger partial charge >= 0.3 is 88.7 Å². The van der Waals surface area contributed by atoms with Crippen molar-refractivity contribution >= 4 is 17.9 Å². The molecule has 0 saturated heterocycles. The summed E-state index contributed by atoms with van der Waals surface area (Å²) in [5, 5.41) is 31.5. The summed E-state index contributed by atoms with van der Waals surface area (Å²) >= 11 is 0. The van der Waals surface area contributed by atoms with E-state index in [9.17, 15) is 29.7 Å². The number of rotatable bonds is 8. The Hall–Kier alpha value is 1.37. The van der Waals surface area contributed by atoms with Gasteiger partial charge in [-0.05, 0) is 6.42 Å². The van der Waals surface area contributed by atoms with Gasteiger partial charge in [-0.15, -0.1) is 0 Å². The van der Waals surface area contributed by atoms with Crippen LogP contribution in [0.4, 0.5) is 0 Å². The summed E-state index contributed by atoms with van der Waals surface area (Å²) in [5.74, 6) is -5.38. The third-order valence-corrected chi connectivity index (χ3v) is 1.81. The molecule has 0 saturated carbocycles. The second-order valence-corrected chi connectivity index (χ2v) is 3.23. The van der Waals surface area contributed by atoms with Gasteiger partial charge in [-0.3, -0.25) is 0 Å². The molecule has 0 aliphatic rings. The maximum atomic E-state index is 10.8. The van der Waals surface area contributed by atoms with E-state index in [-0.39, 0.29) is 95.3 Å². The molecule has 0 radical (unpaired) electrons. The van der Waals surface area contributed by atoms with Crippen molar-refractivity contribution < 1.29 is 123 Å². The van der Waals surface area contributed by atoms with Gasteiger partial charge in [0, 0.05) is 31.4 Å². The van der Waals surface area contributed by atoms with Gasteiger partial charge in [-0.2, -0.15) is 0 Å². The van der Waals surface area contributed by atoms with Crippen LogP contribution < -0.4 is 104 Å². The summed E-state index contributed by atoms with van der Waals surface area (Å²) in [6.45, 7) is 1.55. The quantitative estimate of drug-likeness (QED) is 0.407. The minimum absolute atomic E-state index is 0. The van der Waals surface area contributed by atoms with Crippen molar-refractivity contribution in [3.05, 3.63) is 0 Å². The van der Waals surface area contributed by atoms with Gasteiger partial charge in [0.2, 0.25) is 0 Å². The zero-order chi connectivity index (χ0) is 12.8. The zero-order valence-corrected chi connectivity index (χ0v) is 17.7. The van der Waals surface area contributed by atoms with Gasteiger partial charge < -0.3 is 34.4 Å². The fraction of sp³-hybridized carbons (Fsp3) is 0.667. The van der Waals surface area contributed by atoms with Crippen LogP contribution in [-0.4, -0.2) is 30.1 Å². The Kier molecular flexibility index (Phi) is 21.5. The van der Waals surface area contributed by atoms with Crippen LogP contribution in [0.5, 0.6) is 0 Å². The Balaban J connectivity index is -0.000000375. The Labute approximate surface area is 177 Å². The number of aliphatic carboxylic acids is 3. The fourth-order valence-electron chi connectivity index (χ4n) is 1.13. The maximum absolute atomic E-state index is 10.8. The third kappa shape index (κ3) is 11.7. The van der Waals surface area contributed by atoms with E-state index < -0.39 is 36.4 Å². The number of hydrogen-bond donors (Lipinski definition) is 0. The van der Waals surface area contributed by atoms with Crippen LogP contribution in [0.2, 0.25) is 0 Å². The summed E-state index contributed by atoms with van der Waals surface area (Å²) in [6.07, 6.45) is -1.79. The fourth-order valence-corrected chi connectivity index (χ4v) is 1.13. The van der Waals surface area contributed by atoms with E-state index in [1.54, 1.807) is 6.92 Å². The van der Waals surface area contributed by atoms with Gasteiger partial charge in [0.1, 0.15) is 5.60 Å². The van der Waals surface area contributed by atoms with Crippen LogP contribution in [0.25, 0.3) is 0 Å². The van der Waals surface area contributed by atoms with E-state index in [1.165, 1.54) is 0 Å². The van der Waals surface area contributed by atoms with Crippen molar-refractivity contribution in [2.45, 2.75) is 31.8 Å². The molecule has 0 aliphatic carbocycles. The van der Waals surface area contributed by atoms with E-state index in [0.29, 0.717) is 6.42 Å². The van der Waals surface area contributed by atoms with Crippen molar-refractivity contribution in [3.63, 3.8) is 0 Å². The van der Waals surface area contributed by atoms with E-state index in [4.69, 9.17) is 4.74 Å². The molecule has 0 unspecified atom stereocenters. The van der Waals surface area contributed by atoms with Gasteiger partial charge in [-0.1, -0.05) is 6.92 Å². The van der Waals surface area contributed by atoms with Crippen LogP contribution in [0.15, 0.2) is 0 Å². The molecule has 0 bridgehead atoms. The predicted molar refractivity (Wildman–Crippen MR) is 43.2 cm³/mol. The molecule has 0 rings (SSSR count). The molecule has 7 nitrogen and oxygen atoms in total. The molecule has 19 heavy (non-hydrogen) atoms. The molecule has 0 aromatic carbocycles. The van der Waals surface area contributed by atoms with Crippen molar-refractivity contribution in [3.8, 4) is 0 Å². The molecule has 92 valence electrons. The molecule has 0 aliphatic heterocycles. The third-order valence-electron chi connectivity index (χ3n) is 1.81. The molecule has 0 aromatic heterocycles. The smallest absolute Gasteiger partial charge is 0.550 e. The van der Waals surface area contributed by atoms with Crippen LogP contribution in [-0.2, 0) is 19.1 Å². The zero-order valence-electron chi connectivity index (χ0n) is 11.7. The normalized spacial score (nSPS) is 9.32. The molecular formula is C9H11Na3O7. The molecule has 0 atom stereocenters. The maximum Gasteiger partial charge on any atom is 1.00 e. The van der Waals surface area contributed by atoms with Gasteiger partial charge in [0.05, 0.1) is 5.97 Å². The van der Waals surface area contributed by atoms with E-state index in [2.05, 4.69) is 0 Å². The Morgan fingerprint density at radius 2 is 1.32 bits per heavy atom. The van der Waals surface area contributed by atoms with E-state index in [1.807, 2.05) is 0 Å². The first-order valence-corrected chi connectivity index (χ1v) is 4.59. The first kappa shape index (κ1) is 28.5. The van der Waals surface area contributed by atoms with Gasteiger partial charge in [-0.25, -0.2) is 0 Å². The molecule has 0 fully saturated rings. The summed E-state index contributed by atoms with van der Waals surface area (Å²) in [6, 6.07) is 0. The second kappa shape index (κ2) is 14.3. The number of hydrogen-bond acceptors (Lipinski definition) is 7. The number of carbonyl (C=O) groups excluding carboxylic acids is 3. The molecule has 0 amide bonds. The topological polar surface area (TPSA) is 130 Å². The Bertz CT molecular complexity index is 280. The SMILES string of the molecule is CCCOC(CC(=O)[O-])(CC(=O)[O-])C(=O)[O-].[Na+].[Na+].[Na+]. The summed E-state index contributed by atoms with van der Waals surface area (Å²) in [5.41, 5.74) is -2.42. The van der Waals surface area contributed by atoms with Crippen LogP contribution in [0.3, 0.4) is 0 Å². The molecule has 0 aromatic rings. The first-order chi connectivity index (χ1) is 7.34. The minimum Gasteiger partial charge on any atom is -0.550 e. The summed E-state index contributed by atoms with van der Waals surface area (Å²) in [7, 11) is 0. The largest absolute Gasteiger partial charge is 1.00 e. The average molecular weight is 300 g/mol. The standard InChI is InChI=1S/C9H14O7.3Na/c1-2-3-16-9(8(14)15,4-6(10)11)5-7(12)13;;;/h2-5H2,1H3,(H,10,11)(H,12,13)(H,14,15);;;/q;3*+1/p-3. The molecule has 10 heteroatoms. The Morgan fingerprint density at radius 1 is 0.947 bits per heavy atom. The minimum atomic E-state index is -2.42. The molecule has 0 heterocycles. The van der Waals surface area contributed by atoms with Crippen molar-refractivity contribution in [2.75, 3.05) is 6.61 Å². The average Bonchev–Trinajstić information content (AvgIpc) is 2.11. The van der Waals surface area contributed by atoms with Crippen molar-refractivity contribution in [1.82, 2.24) is 0 Å². The van der Waals surface area contributed by atoms with E-state index >= 15 is 0 Å². The van der Waals surface area contributed by atoms with Gasteiger partial charge in [0.25, 0.3) is 0 Å². The van der Waals surface area contributed by atoms with Gasteiger partial charge in [0.15, 0.2) is 0 Å². The van der Waals surface area contributed by atoms with Crippen LogP contribution in [0, 0.1) is 0 Å². The molecular weight excluding hydrogens is 289 g/mol. The summed E-state index contributed by atoms with van der Waals surface area (Å²) in [4.78, 5) is 31.5. The first-order valence-electron chi connectivity index (χ1n) is 4.59. The van der Waals surface area contributed by atoms with Crippen molar-refractivity contribution in [1.29, 1.82) is 0 Å². The van der Waals surface area contributed by atoms with Crippen molar-refractivity contribution in [2.24, 2.45) is 0 Å². The Morgan fingerprint density at radius 3 is 1.53 bits per heavy atom. The van der Waals surface area contributed by atoms with Crippen LogP contribution >= 0.6 is 0 Å². The van der Waals surface area contributed by atoms with E-state index in [0.717, 1.165) is 0 Å². The monoisotopic (exact) mass is 300 g/mol. The summed E-state index contributed by atoms with van der Waals surface area (Å²) < 4.78 is 4.76. The number of carbonyl (C=O) groups is 3. The number of carboxylic acids is 3. The number of ether oxygens (including phenoxy) is 1. The molecule has 0 spiro atoms. The van der Waals surface area contributed by atoms with Crippen LogP contribution in [0.1, 0.15) is 26.2 Å². The number of carboxylic acid groups (broad SMARTS) is 3.